The van der Waals surface area contributed by atoms with Gasteiger partial charge in [-0.3, -0.25) is 5.43 Å². The monoisotopic (exact) mass is 297 g/mol. The summed E-state index contributed by atoms with van der Waals surface area (Å²) in [6.07, 6.45) is 2.27. The molecule has 6 nitrogen and oxygen atoms in total. The van der Waals surface area contributed by atoms with Crippen LogP contribution in [-0.2, 0) is 0 Å². The van der Waals surface area contributed by atoms with E-state index in [4.69, 9.17) is 15.3 Å². The lowest BCUT2D eigenvalue weighted by atomic mass is 9.98. The van der Waals surface area contributed by atoms with Gasteiger partial charge in [0.1, 0.15) is 17.9 Å². The van der Waals surface area contributed by atoms with Crippen LogP contribution in [0.5, 0.6) is 5.75 Å². The summed E-state index contributed by atoms with van der Waals surface area (Å²) in [6, 6.07) is 10.8. The normalized spacial score (nSPS) is 15.4. The predicted octanol–water partition coefficient (Wildman–Crippen LogP) is 2.22. The SMILES string of the molecule is CN1CCC(COc2ccccc2NN=C(C#N)C#N)CC1. The molecular weight excluding hydrogens is 278 g/mol. The summed E-state index contributed by atoms with van der Waals surface area (Å²) in [5, 5.41) is 21.1. The Morgan fingerprint density at radius 3 is 2.68 bits per heavy atom. The topological polar surface area (TPSA) is 84.4 Å². The van der Waals surface area contributed by atoms with Crippen molar-refractivity contribution in [2.24, 2.45) is 11.0 Å². The molecule has 0 atom stereocenters. The molecule has 1 aliphatic rings. The van der Waals surface area contributed by atoms with E-state index >= 15 is 0 Å². The largest absolute Gasteiger partial charge is 0.491 e. The standard InChI is InChI=1S/C16H19N5O/c1-21-8-6-13(7-9-21)12-22-16-5-3-2-4-15(16)20-19-14(10-17)11-18/h2-5,13,20H,6-9,12H2,1H3. The fourth-order valence-corrected chi connectivity index (χ4v) is 2.31. The highest BCUT2D eigenvalue weighted by atomic mass is 16.5. The van der Waals surface area contributed by atoms with Crippen molar-refractivity contribution in [2.75, 3.05) is 32.2 Å². The molecule has 0 bridgehead atoms. The lowest BCUT2D eigenvalue weighted by Gasteiger charge is -2.28. The maximum Gasteiger partial charge on any atom is 0.237 e. The van der Waals surface area contributed by atoms with Crippen LogP contribution in [0, 0.1) is 28.6 Å². The number of para-hydroxylation sites is 2. The number of anilines is 1. The zero-order chi connectivity index (χ0) is 15.8. The second kappa shape index (κ2) is 8.02. The molecule has 1 saturated heterocycles. The summed E-state index contributed by atoms with van der Waals surface area (Å²) in [5.74, 6) is 1.24. The van der Waals surface area contributed by atoms with Gasteiger partial charge in [0.15, 0.2) is 0 Å². The van der Waals surface area contributed by atoms with Crippen LogP contribution in [0.3, 0.4) is 0 Å². The van der Waals surface area contributed by atoms with Crippen molar-refractivity contribution < 1.29 is 4.74 Å². The molecule has 0 spiro atoms. The van der Waals surface area contributed by atoms with Gasteiger partial charge >= 0.3 is 0 Å². The molecular formula is C16H19N5O. The van der Waals surface area contributed by atoms with Gasteiger partial charge in [-0.25, -0.2) is 0 Å². The first-order valence-corrected chi connectivity index (χ1v) is 7.27. The summed E-state index contributed by atoms with van der Waals surface area (Å²) in [5.41, 5.74) is 3.15. The molecule has 1 aromatic carbocycles. The van der Waals surface area contributed by atoms with Crippen molar-refractivity contribution >= 4 is 11.4 Å². The Bertz CT molecular complexity index is 590. The number of nitrogens with one attached hydrogen (secondary N) is 1. The molecule has 0 unspecified atom stereocenters. The van der Waals surface area contributed by atoms with Gasteiger partial charge in [0.2, 0.25) is 5.71 Å². The lowest BCUT2D eigenvalue weighted by Crippen LogP contribution is -2.32. The van der Waals surface area contributed by atoms with Gasteiger partial charge in [0.25, 0.3) is 0 Å². The molecule has 0 aliphatic carbocycles. The molecule has 1 heterocycles. The third kappa shape index (κ3) is 4.47. The van der Waals surface area contributed by atoms with Crippen molar-refractivity contribution in [3.63, 3.8) is 0 Å². The summed E-state index contributed by atoms with van der Waals surface area (Å²) in [4.78, 5) is 2.33. The van der Waals surface area contributed by atoms with Gasteiger partial charge in [0.05, 0.1) is 12.3 Å². The Balaban J connectivity index is 1.95. The third-order valence-electron chi connectivity index (χ3n) is 3.70. The fraction of sp³-hybridized carbons (Fsp3) is 0.438. The molecule has 0 saturated carbocycles. The molecule has 0 amide bonds. The molecule has 1 N–H and O–H groups in total. The first kappa shape index (κ1) is 15.8. The van der Waals surface area contributed by atoms with Crippen LogP contribution in [0.4, 0.5) is 5.69 Å². The second-order valence-corrected chi connectivity index (χ2v) is 5.35. The first-order chi connectivity index (χ1) is 10.7. The van der Waals surface area contributed by atoms with Gasteiger partial charge < -0.3 is 9.64 Å². The van der Waals surface area contributed by atoms with E-state index in [1.165, 1.54) is 0 Å². The number of ether oxygens (including phenoxy) is 1. The van der Waals surface area contributed by atoms with Crippen LogP contribution in [0.25, 0.3) is 0 Å². The molecule has 114 valence electrons. The van der Waals surface area contributed by atoms with Gasteiger partial charge in [-0.2, -0.15) is 15.6 Å². The summed E-state index contributed by atoms with van der Waals surface area (Å²) >= 11 is 0. The van der Waals surface area contributed by atoms with Gasteiger partial charge in [-0.1, -0.05) is 12.1 Å². The molecule has 0 radical (unpaired) electrons. The van der Waals surface area contributed by atoms with Gasteiger partial charge in [-0.05, 0) is 51.0 Å². The second-order valence-electron chi connectivity index (χ2n) is 5.35. The number of likely N-dealkylation sites (tertiary alicyclic amines) is 1. The molecule has 0 aromatic heterocycles. The van der Waals surface area contributed by atoms with E-state index in [2.05, 4.69) is 22.5 Å². The smallest absolute Gasteiger partial charge is 0.237 e. The Morgan fingerprint density at radius 2 is 2.00 bits per heavy atom. The van der Waals surface area contributed by atoms with Crippen LogP contribution in [0.1, 0.15) is 12.8 Å². The summed E-state index contributed by atoms with van der Waals surface area (Å²) in [6.45, 7) is 2.87. The predicted molar refractivity (Wildman–Crippen MR) is 84.4 cm³/mol. The Hall–Kier alpha value is -2.57. The number of hydrazone groups is 1. The van der Waals surface area contributed by atoms with E-state index < -0.39 is 0 Å². The van der Waals surface area contributed by atoms with E-state index in [1.807, 2.05) is 18.2 Å². The maximum atomic E-state index is 8.69. The van der Waals surface area contributed by atoms with E-state index in [0.717, 1.165) is 25.9 Å². The number of piperidine rings is 1. The van der Waals surface area contributed by atoms with Crippen molar-refractivity contribution in [3.8, 4) is 17.9 Å². The van der Waals surface area contributed by atoms with Crippen molar-refractivity contribution in [1.29, 1.82) is 10.5 Å². The van der Waals surface area contributed by atoms with Crippen molar-refractivity contribution in [1.82, 2.24) is 4.90 Å². The summed E-state index contributed by atoms with van der Waals surface area (Å²) in [7, 11) is 2.14. The summed E-state index contributed by atoms with van der Waals surface area (Å²) < 4.78 is 5.90. The van der Waals surface area contributed by atoms with Gasteiger partial charge in [-0.15, -0.1) is 0 Å². The molecule has 1 aromatic rings. The molecule has 2 rings (SSSR count). The Labute approximate surface area is 130 Å². The van der Waals surface area contributed by atoms with Crippen LogP contribution in [0.2, 0.25) is 0 Å². The minimum absolute atomic E-state index is 0.217. The first-order valence-electron chi connectivity index (χ1n) is 7.27. The number of hydrogen-bond acceptors (Lipinski definition) is 6. The van der Waals surface area contributed by atoms with E-state index in [1.54, 1.807) is 18.2 Å². The number of benzene rings is 1. The van der Waals surface area contributed by atoms with E-state index in [-0.39, 0.29) is 5.71 Å². The van der Waals surface area contributed by atoms with Crippen LogP contribution < -0.4 is 10.2 Å². The maximum absolute atomic E-state index is 8.69. The highest BCUT2D eigenvalue weighted by Gasteiger charge is 2.17. The molecule has 1 fully saturated rings. The van der Waals surface area contributed by atoms with Crippen molar-refractivity contribution in [2.45, 2.75) is 12.8 Å². The van der Waals surface area contributed by atoms with Crippen molar-refractivity contribution in [3.05, 3.63) is 24.3 Å². The van der Waals surface area contributed by atoms with Crippen LogP contribution in [-0.4, -0.2) is 37.4 Å². The molecule has 22 heavy (non-hydrogen) atoms. The number of nitrogens with zero attached hydrogens (tertiary/aromatic N) is 4. The Kier molecular flexibility index (Phi) is 5.76. The quantitative estimate of drug-likeness (QED) is 0.665. The fourth-order valence-electron chi connectivity index (χ4n) is 2.31. The zero-order valence-corrected chi connectivity index (χ0v) is 12.6. The third-order valence-corrected chi connectivity index (χ3v) is 3.70. The van der Waals surface area contributed by atoms with Crippen LogP contribution in [0.15, 0.2) is 29.4 Å². The minimum Gasteiger partial charge on any atom is -0.491 e. The number of nitriles is 2. The van der Waals surface area contributed by atoms with E-state index in [0.29, 0.717) is 24.0 Å². The van der Waals surface area contributed by atoms with Gasteiger partial charge in [0, 0.05) is 0 Å². The minimum atomic E-state index is -0.217. The lowest BCUT2D eigenvalue weighted by molar-refractivity contribution is 0.160. The number of hydrogen-bond donors (Lipinski definition) is 1. The average Bonchev–Trinajstić information content (AvgIpc) is 2.56. The Morgan fingerprint density at radius 1 is 1.32 bits per heavy atom. The zero-order valence-electron chi connectivity index (χ0n) is 12.6. The highest BCUT2D eigenvalue weighted by molar-refractivity contribution is 6.10. The number of rotatable bonds is 5. The molecule has 6 heteroatoms. The average molecular weight is 297 g/mol. The highest BCUT2D eigenvalue weighted by Crippen LogP contribution is 2.25. The molecule has 1 aliphatic heterocycles. The van der Waals surface area contributed by atoms with E-state index in [9.17, 15) is 0 Å². The van der Waals surface area contributed by atoms with Crippen LogP contribution >= 0.6 is 0 Å².